The van der Waals surface area contributed by atoms with E-state index in [1.165, 1.54) is 19.3 Å². The van der Waals surface area contributed by atoms with Gasteiger partial charge in [0.25, 0.3) is 0 Å². The maximum atomic E-state index is 9.25. The van der Waals surface area contributed by atoms with Crippen molar-refractivity contribution < 1.29 is 5.11 Å². The zero-order valence-corrected chi connectivity index (χ0v) is 9.52. The molecule has 2 atom stereocenters. The molecule has 0 spiro atoms. The van der Waals surface area contributed by atoms with Gasteiger partial charge in [-0.25, -0.2) is 0 Å². The average molecular weight is 220 g/mol. The molecule has 1 aliphatic carbocycles. The summed E-state index contributed by atoms with van der Waals surface area (Å²) in [6.45, 7) is 0.835. The van der Waals surface area contributed by atoms with Gasteiger partial charge in [0.1, 0.15) is 0 Å². The molecule has 2 unspecified atom stereocenters. The molecule has 1 fully saturated rings. The van der Waals surface area contributed by atoms with Gasteiger partial charge < -0.3 is 16.2 Å². The number of nitrogens with two attached hydrogens (primary N) is 1. The van der Waals surface area contributed by atoms with Crippen molar-refractivity contribution in [3.05, 3.63) is 29.8 Å². The molecular formula is C13H20N2O. The maximum Gasteiger partial charge on any atom is 0.0701 e. The summed E-state index contributed by atoms with van der Waals surface area (Å²) < 4.78 is 0. The Morgan fingerprint density at radius 3 is 2.88 bits per heavy atom. The van der Waals surface area contributed by atoms with Crippen LogP contribution in [0.2, 0.25) is 0 Å². The van der Waals surface area contributed by atoms with Crippen LogP contribution in [0.25, 0.3) is 0 Å². The highest BCUT2D eigenvalue weighted by Gasteiger charge is 2.26. The Balaban J connectivity index is 2.08. The Morgan fingerprint density at radius 1 is 1.31 bits per heavy atom. The number of hydrogen-bond donors (Lipinski definition) is 3. The summed E-state index contributed by atoms with van der Waals surface area (Å²) in [6.07, 6.45) is 3.65. The summed E-state index contributed by atoms with van der Waals surface area (Å²) in [6, 6.07) is 8.39. The van der Waals surface area contributed by atoms with E-state index < -0.39 is 0 Å². The van der Waals surface area contributed by atoms with Crippen molar-refractivity contribution in [3.63, 3.8) is 0 Å². The van der Waals surface area contributed by atoms with Crippen LogP contribution >= 0.6 is 0 Å². The van der Waals surface area contributed by atoms with Crippen molar-refractivity contribution in [1.29, 1.82) is 0 Å². The second kappa shape index (κ2) is 5.32. The first kappa shape index (κ1) is 11.4. The first-order valence-corrected chi connectivity index (χ1v) is 6.00. The fourth-order valence-electron chi connectivity index (χ4n) is 2.51. The van der Waals surface area contributed by atoms with Gasteiger partial charge in [0.2, 0.25) is 0 Å². The zero-order valence-electron chi connectivity index (χ0n) is 9.52. The van der Waals surface area contributed by atoms with Crippen molar-refractivity contribution in [1.82, 2.24) is 0 Å². The lowest BCUT2D eigenvalue weighted by Crippen LogP contribution is -2.29. The van der Waals surface area contributed by atoms with E-state index in [9.17, 15) is 5.11 Å². The molecule has 3 nitrogen and oxygen atoms in total. The Bertz CT molecular complexity index is 340. The standard InChI is InChI=1S/C13H20N2O/c14-8-10-5-3-7-12(10)15-13-6-2-1-4-11(13)9-16/h1-2,4,6,10,12,15-16H,3,5,7-9,14H2. The molecule has 88 valence electrons. The Morgan fingerprint density at radius 2 is 2.12 bits per heavy atom. The summed E-state index contributed by atoms with van der Waals surface area (Å²) >= 11 is 0. The van der Waals surface area contributed by atoms with Gasteiger partial charge >= 0.3 is 0 Å². The summed E-state index contributed by atoms with van der Waals surface area (Å²) in [4.78, 5) is 0. The highest BCUT2D eigenvalue weighted by molar-refractivity contribution is 5.51. The molecule has 16 heavy (non-hydrogen) atoms. The molecule has 0 saturated heterocycles. The number of aliphatic hydroxyl groups excluding tert-OH is 1. The van der Waals surface area contributed by atoms with Crippen LogP contribution in [0.5, 0.6) is 0 Å². The molecule has 1 aromatic carbocycles. The number of hydrogen-bond acceptors (Lipinski definition) is 3. The van der Waals surface area contributed by atoms with Crippen LogP contribution in [0.4, 0.5) is 5.69 Å². The van der Waals surface area contributed by atoms with Gasteiger partial charge in [-0.1, -0.05) is 24.6 Å². The molecule has 4 N–H and O–H groups in total. The van der Waals surface area contributed by atoms with Gasteiger partial charge in [0.15, 0.2) is 0 Å². The second-order valence-corrected chi connectivity index (χ2v) is 4.49. The lowest BCUT2D eigenvalue weighted by atomic mass is 10.0. The van der Waals surface area contributed by atoms with Gasteiger partial charge in [-0.2, -0.15) is 0 Å². The fraction of sp³-hybridized carbons (Fsp3) is 0.538. The monoisotopic (exact) mass is 220 g/mol. The number of anilines is 1. The van der Waals surface area contributed by atoms with E-state index in [2.05, 4.69) is 5.32 Å². The number of benzene rings is 1. The number of rotatable bonds is 4. The number of para-hydroxylation sites is 1. The third-order valence-electron chi connectivity index (χ3n) is 3.49. The Hall–Kier alpha value is -1.06. The first-order valence-electron chi connectivity index (χ1n) is 6.00. The number of aliphatic hydroxyl groups is 1. The minimum Gasteiger partial charge on any atom is -0.392 e. The zero-order chi connectivity index (χ0) is 11.4. The Kier molecular flexibility index (Phi) is 3.80. The third-order valence-corrected chi connectivity index (χ3v) is 3.49. The lowest BCUT2D eigenvalue weighted by Gasteiger charge is -2.22. The van der Waals surface area contributed by atoms with E-state index in [0.717, 1.165) is 17.8 Å². The lowest BCUT2D eigenvalue weighted by molar-refractivity contribution is 0.282. The van der Waals surface area contributed by atoms with Crippen LogP contribution in [-0.4, -0.2) is 17.7 Å². The van der Waals surface area contributed by atoms with E-state index in [1.807, 2.05) is 24.3 Å². The molecule has 3 heteroatoms. The molecule has 2 rings (SSSR count). The molecule has 0 heterocycles. The highest BCUT2D eigenvalue weighted by Crippen LogP contribution is 2.28. The smallest absolute Gasteiger partial charge is 0.0701 e. The van der Waals surface area contributed by atoms with Crippen molar-refractivity contribution in [3.8, 4) is 0 Å². The predicted octanol–water partition coefficient (Wildman–Crippen LogP) is 1.72. The molecule has 1 aromatic rings. The molecule has 0 amide bonds. The van der Waals surface area contributed by atoms with E-state index in [-0.39, 0.29) is 6.61 Å². The second-order valence-electron chi connectivity index (χ2n) is 4.49. The van der Waals surface area contributed by atoms with Gasteiger partial charge in [-0.15, -0.1) is 0 Å². The van der Waals surface area contributed by atoms with Crippen LogP contribution in [0.1, 0.15) is 24.8 Å². The molecule has 0 radical (unpaired) electrons. The third kappa shape index (κ3) is 2.36. The maximum absolute atomic E-state index is 9.25. The van der Waals surface area contributed by atoms with Crippen molar-refractivity contribution >= 4 is 5.69 Å². The van der Waals surface area contributed by atoms with Crippen LogP contribution in [0.15, 0.2) is 24.3 Å². The molecule has 1 saturated carbocycles. The largest absolute Gasteiger partial charge is 0.392 e. The van der Waals surface area contributed by atoms with Crippen molar-refractivity contribution in [2.45, 2.75) is 31.9 Å². The predicted molar refractivity (Wildman–Crippen MR) is 66.2 cm³/mol. The Labute approximate surface area is 96.7 Å². The van der Waals surface area contributed by atoms with E-state index in [1.54, 1.807) is 0 Å². The van der Waals surface area contributed by atoms with E-state index in [4.69, 9.17) is 5.73 Å². The topological polar surface area (TPSA) is 58.3 Å². The minimum atomic E-state index is 0.0865. The van der Waals surface area contributed by atoms with Gasteiger partial charge in [-0.3, -0.25) is 0 Å². The van der Waals surface area contributed by atoms with E-state index >= 15 is 0 Å². The minimum absolute atomic E-state index is 0.0865. The summed E-state index contributed by atoms with van der Waals surface area (Å²) in [7, 11) is 0. The molecule has 0 bridgehead atoms. The summed E-state index contributed by atoms with van der Waals surface area (Å²) in [5.74, 6) is 0.576. The fourth-order valence-corrected chi connectivity index (χ4v) is 2.51. The SMILES string of the molecule is NCC1CCCC1Nc1ccccc1CO. The highest BCUT2D eigenvalue weighted by atomic mass is 16.3. The van der Waals surface area contributed by atoms with Crippen LogP contribution in [0.3, 0.4) is 0 Å². The van der Waals surface area contributed by atoms with Crippen LogP contribution in [-0.2, 0) is 6.61 Å². The van der Waals surface area contributed by atoms with Crippen LogP contribution < -0.4 is 11.1 Å². The van der Waals surface area contributed by atoms with Gasteiger partial charge in [0, 0.05) is 17.3 Å². The summed E-state index contributed by atoms with van der Waals surface area (Å²) in [5, 5.41) is 12.8. The molecule has 0 aliphatic heterocycles. The quantitative estimate of drug-likeness (QED) is 0.724. The van der Waals surface area contributed by atoms with E-state index in [0.29, 0.717) is 12.0 Å². The molecule has 1 aliphatic rings. The van der Waals surface area contributed by atoms with Gasteiger partial charge in [0.05, 0.1) is 6.61 Å². The van der Waals surface area contributed by atoms with Crippen molar-refractivity contribution in [2.75, 3.05) is 11.9 Å². The molecular weight excluding hydrogens is 200 g/mol. The summed E-state index contributed by atoms with van der Waals surface area (Å²) in [5.41, 5.74) is 7.77. The first-order chi connectivity index (χ1) is 7.85. The van der Waals surface area contributed by atoms with Crippen molar-refractivity contribution in [2.24, 2.45) is 11.7 Å². The normalized spacial score (nSPS) is 24.6. The van der Waals surface area contributed by atoms with Crippen LogP contribution in [0, 0.1) is 5.92 Å². The molecule has 0 aromatic heterocycles. The van der Waals surface area contributed by atoms with Gasteiger partial charge in [-0.05, 0) is 31.4 Å². The average Bonchev–Trinajstić information content (AvgIpc) is 2.77. The number of nitrogens with one attached hydrogen (secondary N) is 1.